The van der Waals surface area contributed by atoms with Crippen molar-refractivity contribution < 1.29 is 4.74 Å². The van der Waals surface area contributed by atoms with Gasteiger partial charge >= 0.3 is 0 Å². The SMILES string of the molecule is COc1cccc(-c2cc(C(C)C)ccc2C)c1. The number of ether oxygens (including phenoxy) is 1. The average molecular weight is 240 g/mol. The van der Waals surface area contributed by atoms with E-state index < -0.39 is 0 Å². The molecule has 0 saturated heterocycles. The van der Waals surface area contributed by atoms with Gasteiger partial charge < -0.3 is 4.74 Å². The molecule has 0 aliphatic carbocycles. The number of methoxy groups -OCH3 is 1. The van der Waals surface area contributed by atoms with Gasteiger partial charge in [-0.25, -0.2) is 0 Å². The molecule has 0 N–H and O–H groups in total. The summed E-state index contributed by atoms with van der Waals surface area (Å²) in [5.74, 6) is 1.46. The van der Waals surface area contributed by atoms with Gasteiger partial charge in [0.25, 0.3) is 0 Å². The molecule has 0 saturated carbocycles. The number of hydrogen-bond acceptors (Lipinski definition) is 1. The Morgan fingerprint density at radius 1 is 1.00 bits per heavy atom. The van der Waals surface area contributed by atoms with Crippen LogP contribution in [0.1, 0.15) is 30.9 Å². The fourth-order valence-corrected chi connectivity index (χ4v) is 2.10. The fraction of sp³-hybridized carbons (Fsp3) is 0.294. The normalized spacial score (nSPS) is 10.7. The first-order valence-electron chi connectivity index (χ1n) is 6.37. The number of hydrogen-bond donors (Lipinski definition) is 0. The van der Waals surface area contributed by atoms with Crippen molar-refractivity contribution in [2.45, 2.75) is 26.7 Å². The lowest BCUT2D eigenvalue weighted by molar-refractivity contribution is 0.415. The van der Waals surface area contributed by atoms with E-state index >= 15 is 0 Å². The van der Waals surface area contributed by atoms with Gasteiger partial charge in [-0.1, -0.05) is 44.2 Å². The van der Waals surface area contributed by atoms with E-state index in [2.05, 4.69) is 51.1 Å². The minimum atomic E-state index is 0.551. The topological polar surface area (TPSA) is 9.23 Å². The van der Waals surface area contributed by atoms with E-state index in [-0.39, 0.29) is 0 Å². The van der Waals surface area contributed by atoms with Crippen LogP contribution in [0.5, 0.6) is 5.75 Å². The Labute approximate surface area is 109 Å². The highest BCUT2D eigenvalue weighted by molar-refractivity contribution is 5.69. The molecule has 18 heavy (non-hydrogen) atoms. The Morgan fingerprint density at radius 2 is 1.78 bits per heavy atom. The third kappa shape index (κ3) is 2.56. The molecule has 0 unspecified atom stereocenters. The largest absolute Gasteiger partial charge is 0.497 e. The number of rotatable bonds is 3. The summed E-state index contributed by atoms with van der Waals surface area (Å²) < 4.78 is 5.29. The van der Waals surface area contributed by atoms with Gasteiger partial charge in [-0.3, -0.25) is 0 Å². The van der Waals surface area contributed by atoms with Crippen LogP contribution in [0.25, 0.3) is 11.1 Å². The van der Waals surface area contributed by atoms with Gasteiger partial charge in [0.15, 0.2) is 0 Å². The highest BCUT2D eigenvalue weighted by atomic mass is 16.5. The molecule has 0 radical (unpaired) electrons. The first-order chi connectivity index (χ1) is 8.61. The van der Waals surface area contributed by atoms with Crippen LogP contribution in [0.2, 0.25) is 0 Å². The monoisotopic (exact) mass is 240 g/mol. The van der Waals surface area contributed by atoms with Crippen LogP contribution >= 0.6 is 0 Å². The summed E-state index contributed by atoms with van der Waals surface area (Å²) in [6, 6.07) is 14.9. The zero-order valence-corrected chi connectivity index (χ0v) is 11.5. The van der Waals surface area contributed by atoms with Gasteiger partial charge in [-0.05, 0) is 47.2 Å². The highest BCUT2D eigenvalue weighted by Crippen LogP contribution is 2.29. The molecule has 0 bridgehead atoms. The standard InChI is InChI=1S/C17H20O/c1-12(2)14-9-8-13(3)17(11-14)15-6-5-7-16(10-15)18-4/h5-12H,1-4H3. The second-order valence-corrected chi connectivity index (χ2v) is 4.96. The molecule has 0 spiro atoms. The molecule has 2 aromatic rings. The van der Waals surface area contributed by atoms with Crippen molar-refractivity contribution >= 4 is 0 Å². The van der Waals surface area contributed by atoms with Crippen molar-refractivity contribution in [3.8, 4) is 16.9 Å². The van der Waals surface area contributed by atoms with Crippen molar-refractivity contribution in [2.75, 3.05) is 7.11 Å². The maximum Gasteiger partial charge on any atom is 0.119 e. The smallest absolute Gasteiger partial charge is 0.119 e. The number of benzene rings is 2. The van der Waals surface area contributed by atoms with Crippen molar-refractivity contribution in [2.24, 2.45) is 0 Å². The predicted molar refractivity (Wildman–Crippen MR) is 77.3 cm³/mol. The molecular weight excluding hydrogens is 220 g/mol. The molecule has 0 aliphatic rings. The first-order valence-corrected chi connectivity index (χ1v) is 6.37. The van der Waals surface area contributed by atoms with E-state index in [1.54, 1.807) is 7.11 Å². The van der Waals surface area contributed by atoms with Crippen LogP contribution in [0.15, 0.2) is 42.5 Å². The minimum absolute atomic E-state index is 0.551. The van der Waals surface area contributed by atoms with E-state index in [1.807, 2.05) is 12.1 Å². The lowest BCUT2D eigenvalue weighted by Crippen LogP contribution is -1.91. The van der Waals surface area contributed by atoms with Crippen LogP contribution in [-0.4, -0.2) is 7.11 Å². The van der Waals surface area contributed by atoms with Crippen LogP contribution in [-0.2, 0) is 0 Å². The van der Waals surface area contributed by atoms with E-state index in [4.69, 9.17) is 4.74 Å². The van der Waals surface area contributed by atoms with Crippen LogP contribution in [0.3, 0.4) is 0 Å². The zero-order valence-electron chi connectivity index (χ0n) is 11.5. The van der Waals surface area contributed by atoms with Crippen molar-refractivity contribution in [1.82, 2.24) is 0 Å². The van der Waals surface area contributed by atoms with Gasteiger partial charge in [0, 0.05) is 0 Å². The summed E-state index contributed by atoms with van der Waals surface area (Å²) >= 11 is 0. The molecule has 1 heteroatoms. The Hall–Kier alpha value is -1.76. The summed E-state index contributed by atoms with van der Waals surface area (Å²) in [5, 5.41) is 0. The second-order valence-electron chi connectivity index (χ2n) is 4.96. The molecule has 0 atom stereocenters. The minimum Gasteiger partial charge on any atom is -0.497 e. The van der Waals surface area contributed by atoms with Gasteiger partial charge in [-0.15, -0.1) is 0 Å². The maximum absolute atomic E-state index is 5.29. The fourth-order valence-electron chi connectivity index (χ4n) is 2.10. The van der Waals surface area contributed by atoms with Crippen molar-refractivity contribution in [3.05, 3.63) is 53.6 Å². The molecule has 0 heterocycles. The summed E-state index contributed by atoms with van der Waals surface area (Å²) in [4.78, 5) is 0. The van der Waals surface area contributed by atoms with E-state index in [0.29, 0.717) is 5.92 Å². The molecule has 0 aliphatic heterocycles. The van der Waals surface area contributed by atoms with Gasteiger partial charge in [0.05, 0.1) is 7.11 Å². The third-order valence-corrected chi connectivity index (χ3v) is 3.31. The highest BCUT2D eigenvalue weighted by Gasteiger charge is 2.06. The average Bonchev–Trinajstić information content (AvgIpc) is 2.39. The maximum atomic E-state index is 5.29. The van der Waals surface area contributed by atoms with Crippen LogP contribution < -0.4 is 4.74 Å². The quantitative estimate of drug-likeness (QED) is 0.749. The molecule has 0 fully saturated rings. The Morgan fingerprint density at radius 3 is 2.44 bits per heavy atom. The molecule has 94 valence electrons. The predicted octanol–water partition coefficient (Wildman–Crippen LogP) is 4.79. The Bertz CT molecular complexity index is 541. The lowest BCUT2D eigenvalue weighted by atomic mass is 9.94. The van der Waals surface area contributed by atoms with Crippen molar-refractivity contribution in [3.63, 3.8) is 0 Å². The van der Waals surface area contributed by atoms with Crippen molar-refractivity contribution in [1.29, 1.82) is 0 Å². The number of aryl methyl sites for hydroxylation is 1. The molecule has 1 nitrogen and oxygen atoms in total. The Kier molecular flexibility index (Phi) is 3.71. The molecule has 0 aromatic heterocycles. The summed E-state index contributed by atoms with van der Waals surface area (Å²) in [6.45, 7) is 6.60. The first kappa shape index (κ1) is 12.7. The zero-order chi connectivity index (χ0) is 13.1. The Balaban J connectivity index is 2.51. The molecular formula is C17H20O. The molecule has 2 rings (SSSR count). The van der Waals surface area contributed by atoms with Gasteiger partial charge in [-0.2, -0.15) is 0 Å². The third-order valence-electron chi connectivity index (χ3n) is 3.31. The molecule has 0 amide bonds. The molecule has 2 aromatic carbocycles. The van der Waals surface area contributed by atoms with E-state index in [9.17, 15) is 0 Å². The van der Waals surface area contributed by atoms with Crippen LogP contribution in [0, 0.1) is 6.92 Å². The van der Waals surface area contributed by atoms with E-state index in [1.165, 1.54) is 22.3 Å². The van der Waals surface area contributed by atoms with Gasteiger partial charge in [0.2, 0.25) is 0 Å². The summed E-state index contributed by atoms with van der Waals surface area (Å²) in [5.41, 5.74) is 5.18. The van der Waals surface area contributed by atoms with E-state index in [0.717, 1.165) is 5.75 Å². The second kappa shape index (κ2) is 5.26. The van der Waals surface area contributed by atoms with Crippen LogP contribution in [0.4, 0.5) is 0 Å². The summed E-state index contributed by atoms with van der Waals surface area (Å²) in [7, 11) is 1.70. The van der Waals surface area contributed by atoms with Gasteiger partial charge in [0.1, 0.15) is 5.75 Å². The lowest BCUT2D eigenvalue weighted by Gasteiger charge is -2.12. The summed E-state index contributed by atoms with van der Waals surface area (Å²) in [6.07, 6.45) is 0.